The van der Waals surface area contributed by atoms with E-state index < -0.39 is 0 Å². The Hall–Kier alpha value is -0.850. The summed E-state index contributed by atoms with van der Waals surface area (Å²) in [4.78, 5) is 0. The third kappa shape index (κ3) is 2.71. The van der Waals surface area contributed by atoms with Crippen LogP contribution in [0.1, 0.15) is 20.3 Å². The van der Waals surface area contributed by atoms with E-state index in [1.807, 2.05) is 18.2 Å². The lowest BCUT2D eigenvalue weighted by molar-refractivity contribution is 0.596. The smallest absolute Gasteiger partial charge is 0.104 e. The molecular formula is C10H13F. The molecule has 0 bridgehead atoms. The molecule has 0 saturated heterocycles. The zero-order valence-corrected chi connectivity index (χ0v) is 6.97. The van der Waals surface area contributed by atoms with Crippen molar-refractivity contribution in [3.63, 3.8) is 0 Å². The predicted molar refractivity (Wildman–Crippen MR) is 45.9 cm³/mol. The molecule has 0 aromatic heterocycles. The second-order valence-corrected chi connectivity index (χ2v) is 3.40. The Balaban J connectivity index is 2.84. The van der Waals surface area contributed by atoms with Gasteiger partial charge >= 0.3 is 0 Å². The highest BCUT2D eigenvalue weighted by Gasteiger charge is 2.08. The Bertz CT molecular complexity index is 219. The first-order valence-corrected chi connectivity index (χ1v) is 3.82. The Morgan fingerprint density at radius 2 is 2.09 bits per heavy atom. The molecule has 1 heteroatoms. The van der Waals surface area contributed by atoms with Crippen LogP contribution in [0.25, 0.3) is 0 Å². The second kappa shape index (κ2) is 3.04. The summed E-state index contributed by atoms with van der Waals surface area (Å²) in [5.74, 6) is -0.0759. The van der Waals surface area contributed by atoms with Gasteiger partial charge in [0.1, 0.15) is 5.83 Å². The minimum absolute atomic E-state index is 0.0667. The van der Waals surface area contributed by atoms with Gasteiger partial charge in [0.25, 0.3) is 0 Å². The highest BCUT2D eigenvalue weighted by Crippen LogP contribution is 2.22. The van der Waals surface area contributed by atoms with Gasteiger partial charge in [0.05, 0.1) is 0 Å². The largest absolute Gasteiger partial charge is 0.211 e. The van der Waals surface area contributed by atoms with E-state index in [0.29, 0.717) is 6.42 Å². The quantitative estimate of drug-likeness (QED) is 0.467. The zero-order chi connectivity index (χ0) is 8.32. The van der Waals surface area contributed by atoms with E-state index in [-0.39, 0.29) is 11.2 Å². The molecule has 0 N–H and O–H groups in total. The molecule has 0 aromatic carbocycles. The number of allylic oxidation sites excluding steroid dienone is 6. The van der Waals surface area contributed by atoms with Gasteiger partial charge in [-0.25, -0.2) is 4.39 Å². The van der Waals surface area contributed by atoms with Crippen LogP contribution in [0, 0.1) is 5.41 Å². The Morgan fingerprint density at radius 3 is 2.82 bits per heavy atom. The molecule has 0 atom stereocenters. The van der Waals surface area contributed by atoms with Gasteiger partial charge in [0.15, 0.2) is 0 Å². The minimum atomic E-state index is -0.0759. The molecule has 0 fully saturated rings. The molecule has 1 aliphatic carbocycles. The van der Waals surface area contributed by atoms with Gasteiger partial charge < -0.3 is 0 Å². The van der Waals surface area contributed by atoms with Crippen molar-refractivity contribution in [1.29, 1.82) is 0 Å². The van der Waals surface area contributed by atoms with Crippen LogP contribution >= 0.6 is 0 Å². The average Bonchev–Trinajstić information content (AvgIpc) is 1.83. The molecule has 1 aliphatic rings. The summed E-state index contributed by atoms with van der Waals surface area (Å²) < 4.78 is 12.6. The molecule has 0 radical (unpaired) electrons. The first-order chi connectivity index (χ1) is 5.10. The van der Waals surface area contributed by atoms with Crippen molar-refractivity contribution < 1.29 is 4.39 Å². The van der Waals surface area contributed by atoms with Crippen molar-refractivity contribution in [3.05, 3.63) is 36.2 Å². The first kappa shape index (κ1) is 8.25. The van der Waals surface area contributed by atoms with Crippen LogP contribution in [0.2, 0.25) is 0 Å². The molecule has 11 heavy (non-hydrogen) atoms. The zero-order valence-electron chi connectivity index (χ0n) is 6.97. The number of hydrogen-bond acceptors (Lipinski definition) is 0. The van der Waals surface area contributed by atoms with E-state index in [0.717, 1.165) is 0 Å². The molecule has 60 valence electrons. The standard InChI is InChI=1S/C10H13F/c1-10(2)7-3-5-9(11)6-4-8-10/h3-5,7-8H,6H2,1-2H3/b7-3-,8-4-,9-5+. The van der Waals surface area contributed by atoms with Crippen molar-refractivity contribution in [3.8, 4) is 0 Å². The summed E-state index contributed by atoms with van der Waals surface area (Å²) in [7, 11) is 0. The highest BCUT2D eigenvalue weighted by atomic mass is 19.1. The maximum atomic E-state index is 12.6. The van der Waals surface area contributed by atoms with Gasteiger partial charge in [0.2, 0.25) is 0 Å². The average molecular weight is 152 g/mol. The van der Waals surface area contributed by atoms with E-state index in [1.54, 1.807) is 6.08 Å². The molecule has 0 spiro atoms. The van der Waals surface area contributed by atoms with Crippen molar-refractivity contribution in [1.82, 2.24) is 0 Å². The van der Waals surface area contributed by atoms with Crippen molar-refractivity contribution >= 4 is 0 Å². The second-order valence-electron chi connectivity index (χ2n) is 3.40. The van der Waals surface area contributed by atoms with Gasteiger partial charge in [-0.2, -0.15) is 0 Å². The summed E-state index contributed by atoms with van der Waals surface area (Å²) in [6.45, 7) is 4.19. The normalized spacial score (nSPS) is 32.8. The Labute approximate surface area is 67.1 Å². The topological polar surface area (TPSA) is 0 Å². The number of halogens is 1. The summed E-state index contributed by atoms with van der Waals surface area (Å²) in [6.07, 6.45) is 9.60. The van der Waals surface area contributed by atoms with Crippen LogP contribution in [0.3, 0.4) is 0 Å². The Kier molecular flexibility index (Phi) is 2.28. The monoisotopic (exact) mass is 152 g/mol. The lowest BCUT2D eigenvalue weighted by Gasteiger charge is -2.14. The molecule has 0 amide bonds. The van der Waals surface area contributed by atoms with E-state index in [1.165, 1.54) is 6.08 Å². The molecule has 0 aromatic rings. The van der Waals surface area contributed by atoms with E-state index in [9.17, 15) is 4.39 Å². The van der Waals surface area contributed by atoms with E-state index >= 15 is 0 Å². The molecule has 0 aliphatic heterocycles. The molecule has 0 nitrogen and oxygen atoms in total. The maximum Gasteiger partial charge on any atom is 0.104 e. The SMILES string of the molecule is CC1(C)/C=C\C=C(\F)C/C=C\1. The predicted octanol–water partition coefficient (Wildman–Crippen LogP) is 3.38. The number of rotatable bonds is 0. The summed E-state index contributed by atoms with van der Waals surface area (Å²) in [5.41, 5.74) is 0.0667. The summed E-state index contributed by atoms with van der Waals surface area (Å²) >= 11 is 0. The molecule has 0 heterocycles. The molecular weight excluding hydrogens is 139 g/mol. The maximum absolute atomic E-state index is 12.6. The fraction of sp³-hybridized carbons (Fsp3) is 0.400. The van der Waals surface area contributed by atoms with Crippen LogP contribution in [0.4, 0.5) is 4.39 Å². The van der Waals surface area contributed by atoms with Crippen molar-refractivity contribution in [2.24, 2.45) is 5.41 Å². The van der Waals surface area contributed by atoms with Crippen molar-refractivity contribution in [2.45, 2.75) is 20.3 Å². The van der Waals surface area contributed by atoms with Gasteiger partial charge in [0, 0.05) is 11.8 Å². The van der Waals surface area contributed by atoms with Gasteiger partial charge in [-0.05, 0) is 6.08 Å². The highest BCUT2D eigenvalue weighted by molar-refractivity contribution is 5.19. The third-order valence-electron chi connectivity index (χ3n) is 1.66. The first-order valence-electron chi connectivity index (χ1n) is 3.82. The van der Waals surface area contributed by atoms with Crippen LogP contribution in [-0.2, 0) is 0 Å². The lowest BCUT2D eigenvalue weighted by atomic mass is 9.91. The van der Waals surface area contributed by atoms with Crippen LogP contribution in [-0.4, -0.2) is 0 Å². The molecule has 0 unspecified atom stereocenters. The summed E-state index contributed by atoms with van der Waals surface area (Å²) in [6, 6.07) is 0. The van der Waals surface area contributed by atoms with Gasteiger partial charge in [-0.15, -0.1) is 0 Å². The van der Waals surface area contributed by atoms with E-state index in [2.05, 4.69) is 13.8 Å². The fourth-order valence-electron chi connectivity index (χ4n) is 0.999. The number of hydrogen-bond donors (Lipinski definition) is 0. The van der Waals surface area contributed by atoms with Gasteiger partial charge in [-0.1, -0.05) is 38.2 Å². The molecule has 1 rings (SSSR count). The lowest BCUT2D eigenvalue weighted by Crippen LogP contribution is -2.02. The van der Waals surface area contributed by atoms with Gasteiger partial charge in [-0.3, -0.25) is 0 Å². The minimum Gasteiger partial charge on any atom is -0.211 e. The fourth-order valence-corrected chi connectivity index (χ4v) is 0.999. The Morgan fingerprint density at radius 1 is 1.36 bits per heavy atom. The third-order valence-corrected chi connectivity index (χ3v) is 1.66. The van der Waals surface area contributed by atoms with Crippen molar-refractivity contribution in [2.75, 3.05) is 0 Å². The van der Waals surface area contributed by atoms with E-state index in [4.69, 9.17) is 0 Å². The molecule has 0 saturated carbocycles. The van der Waals surface area contributed by atoms with Crippen LogP contribution < -0.4 is 0 Å². The summed E-state index contributed by atoms with van der Waals surface area (Å²) in [5, 5.41) is 0. The van der Waals surface area contributed by atoms with Crippen LogP contribution in [0.15, 0.2) is 36.2 Å². The van der Waals surface area contributed by atoms with Crippen LogP contribution in [0.5, 0.6) is 0 Å².